The number of benzene rings is 1. The molecule has 3 aliphatic rings. The van der Waals surface area contributed by atoms with E-state index >= 15 is 0 Å². The van der Waals surface area contributed by atoms with Gasteiger partial charge in [-0.25, -0.2) is 22.0 Å². The molecule has 0 bridgehead atoms. The molecule has 8 nitrogen and oxygen atoms in total. The summed E-state index contributed by atoms with van der Waals surface area (Å²) < 4.78 is 52.0. The molecule has 174 valence electrons. The molecule has 1 aliphatic carbocycles. The number of rotatable bonds is 5. The molecular weight excluding hydrogens is 444 g/mol. The third kappa shape index (κ3) is 3.98. The van der Waals surface area contributed by atoms with Crippen LogP contribution in [0.25, 0.3) is 0 Å². The van der Waals surface area contributed by atoms with Crippen molar-refractivity contribution in [1.29, 1.82) is 0 Å². The maximum absolute atomic E-state index is 14.3. The molecule has 0 spiro atoms. The van der Waals surface area contributed by atoms with E-state index in [1.54, 1.807) is 0 Å². The Morgan fingerprint density at radius 1 is 1.19 bits per heavy atom. The van der Waals surface area contributed by atoms with E-state index in [0.29, 0.717) is 11.3 Å². The number of imide groups is 1. The van der Waals surface area contributed by atoms with Crippen molar-refractivity contribution in [2.45, 2.75) is 56.7 Å². The van der Waals surface area contributed by atoms with Crippen molar-refractivity contribution in [3.63, 3.8) is 0 Å². The van der Waals surface area contributed by atoms with Crippen molar-refractivity contribution in [2.75, 3.05) is 18.1 Å². The molecule has 2 heterocycles. The first-order chi connectivity index (χ1) is 15.0. The first-order valence-electron chi connectivity index (χ1n) is 10.6. The van der Waals surface area contributed by atoms with Gasteiger partial charge in [-0.05, 0) is 44.4 Å². The molecule has 1 aromatic carbocycles. The van der Waals surface area contributed by atoms with Gasteiger partial charge in [-0.1, -0.05) is 12.8 Å². The van der Waals surface area contributed by atoms with Crippen molar-refractivity contribution >= 4 is 27.7 Å². The van der Waals surface area contributed by atoms with Crippen LogP contribution >= 0.6 is 0 Å². The molecule has 11 heteroatoms. The van der Waals surface area contributed by atoms with Crippen molar-refractivity contribution in [3.05, 3.63) is 35.4 Å². The lowest BCUT2D eigenvalue weighted by molar-refractivity contribution is -0.141. The van der Waals surface area contributed by atoms with E-state index < -0.39 is 57.4 Å². The minimum Gasteiger partial charge on any atom is -0.334 e. The third-order valence-corrected chi connectivity index (χ3v) is 8.39. The highest BCUT2D eigenvalue weighted by atomic mass is 32.2. The minimum atomic E-state index is -3.25. The lowest BCUT2D eigenvalue weighted by Crippen LogP contribution is -2.52. The quantitative estimate of drug-likeness (QED) is 0.661. The predicted octanol–water partition coefficient (Wildman–Crippen LogP) is 1.69. The number of hydrogen-bond acceptors (Lipinski definition) is 5. The van der Waals surface area contributed by atoms with E-state index in [2.05, 4.69) is 5.32 Å². The number of nitrogens with zero attached hydrogens (tertiary/aromatic N) is 2. The number of hydrogen-bond donors (Lipinski definition) is 1. The largest absolute Gasteiger partial charge is 0.334 e. The standard InChI is InChI=1S/C21H25F2N3O5S/c1-21(16-10-13(22)6-7-17(16)23)19(28)25(20(29)24-21)11-18(27)26(14-4-2-3-5-14)15-8-9-32(30,31)12-15/h6-7,10,14-15H,2-5,8-9,11-12H2,1H3,(H,24,29)/t15-,21+/m1/s1. The first-order valence-corrected chi connectivity index (χ1v) is 12.5. The molecule has 32 heavy (non-hydrogen) atoms. The Balaban J connectivity index is 1.58. The third-order valence-electron chi connectivity index (χ3n) is 6.64. The van der Waals surface area contributed by atoms with Crippen LogP contribution in [-0.2, 0) is 25.0 Å². The highest BCUT2D eigenvalue weighted by molar-refractivity contribution is 7.91. The normalized spacial score (nSPS) is 27.7. The summed E-state index contributed by atoms with van der Waals surface area (Å²) in [5.41, 5.74) is -2.20. The molecule has 2 saturated heterocycles. The summed E-state index contributed by atoms with van der Waals surface area (Å²) in [4.78, 5) is 41.2. The number of nitrogens with one attached hydrogen (secondary N) is 1. The summed E-state index contributed by atoms with van der Waals surface area (Å²) in [6.45, 7) is 0.665. The summed E-state index contributed by atoms with van der Waals surface area (Å²) in [6.07, 6.45) is 3.60. The van der Waals surface area contributed by atoms with Crippen LogP contribution in [0.3, 0.4) is 0 Å². The van der Waals surface area contributed by atoms with Gasteiger partial charge in [0.05, 0.1) is 11.5 Å². The summed E-state index contributed by atoms with van der Waals surface area (Å²) >= 11 is 0. The van der Waals surface area contributed by atoms with Crippen LogP contribution in [0.1, 0.15) is 44.6 Å². The number of sulfone groups is 1. The topological polar surface area (TPSA) is 104 Å². The molecule has 0 unspecified atom stereocenters. The van der Waals surface area contributed by atoms with Crippen LogP contribution in [0.15, 0.2) is 18.2 Å². The maximum atomic E-state index is 14.3. The van der Waals surface area contributed by atoms with E-state index in [-0.39, 0.29) is 23.1 Å². The zero-order valence-corrected chi connectivity index (χ0v) is 18.5. The number of carbonyl (C=O) groups is 3. The molecule has 1 aromatic rings. The Morgan fingerprint density at radius 2 is 1.88 bits per heavy atom. The van der Waals surface area contributed by atoms with Crippen LogP contribution in [0.2, 0.25) is 0 Å². The Kier molecular flexibility index (Phi) is 5.72. The summed E-state index contributed by atoms with van der Waals surface area (Å²) in [7, 11) is -3.25. The fraction of sp³-hybridized carbons (Fsp3) is 0.571. The van der Waals surface area contributed by atoms with Crippen molar-refractivity contribution < 1.29 is 31.6 Å². The first kappa shape index (κ1) is 22.6. The van der Waals surface area contributed by atoms with Crippen LogP contribution in [0.4, 0.5) is 13.6 Å². The average molecular weight is 470 g/mol. The summed E-state index contributed by atoms with van der Waals surface area (Å²) in [6, 6.07) is 1.08. The molecular formula is C21H25F2N3O5S. The number of carbonyl (C=O) groups excluding carboxylic acids is 3. The van der Waals surface area contributed by atoms with Crippen molar-refractivity contribution in [1.82, 2.24) is 15.1 Å². The van der Waals surface area contributed by atoms with Gasteiger partial charge in [0.2, 0.25) is 5.91 Å². The molecule has 0 radical (unpaired) electrons. The molecule has 1 N–H and O–H groups in total. The van der Waals surface area contributed by atoms with Crippen LogP contribution in [-0.4, -0.2) is 66.2 Å². The highest BCUT2D eigenvalue weighted by Crippen LogP contribution is 2.33. The van der Waals surface area contributed by atoms with Gasteiger partial charge < -0.3 is 10.2 Å². The van der Waals surface area contributed by atoms with Gasteiger partial charge >= 0.3 is 6.03 Å². The fourth-order valence-corrected chi connectivity index (χ4v) is 6.71. The SMILES string of the molecule is C[C@@]1(c2cc(F)ccc2F)NC(=O)N(CC(=O)N(C2CCCC2)[C@@H]2CCS(=O)(=O)C2)C1=O. The second kappa shape index (κ2) is 8.09. The number of urea groups is 1. The van der Waals surface area contributed by atoms with Gasteiger partial charge in [0.1, 0.15) is 23.7 Å². The second-order valence-corrected chi connectivity index (χ2v) is 11.1. The summed E-state index contributed by atoms with van der Waals surface area (Å²) in [5, 5.41) is 2.38. The van der Waals surface area contributed by atoms with Gasteiger partial charge in [0, 0.05) is 17.6 Å². The average Bonchev–Trinajstić information content (AvgIpc) is 3.41. The van der Waals surface area contributed by atoms with E-state index in [1.807, 2.05) is 0 Å². The van der Waals surface area contributed by atoms with Crippen LogP contribution in [0, 0.1) is 11.6 Å². The highest BCUT2D eigenvalue weighted by Gasteiger charge is 2.51. The smallest absolute Gasteiger partial charge is 0.325 e. The predicted molar refractivity (Wildman–Crippen MR) is 110 cm³/mol. The van der Waals surface area contributed by atoms with Gasteiger partial charge in [-0.15, -0.1) is 0 Å². The molecule has 3 fully saturated rings. The van der Waals surface area contributed by atoms with Crippen molar-refractivity contribution in [2.24, 2.45) is 0 Å². The summed E-state index contributed by atoms with van der Waals surface area (Å²) in [5.74, 6) is -3.17. The molecule has 2 atom stereocenters. The zero-order chi connectivity index (χ0) is 23.3. The van der Waals surface area contributed by atoms with Gasteiger partial charge in [-0.3, -0.25) is 14.5 Å². The zero-order valence-electron chi connectivity index (χ0n) is 17.6. The lowest BCUT2D eigenvalue weighted by Gasteiger charge is -2.35. The van der Waals surface area contributed by atoms with E-state index in [4.69, 9.17) is 0 Å². The van der Waals surface area contributed by atoms with Gasteiger partial charge in [-0.2, -0.15) is 0 Å². The maximum Gasteiger partial charge on any atom is 0.325 e. The Labute approximate surface area is 184 Å². The van der Waals surface area contributed by atoms with Gasteiger partial charge in [0.25, 0.3) is 5.91 Å². The molecule has 4 amide bonds. The fourth-order valence-electron chi connectivity index (χ4n) is 5.00. The lowest BCUT2D eigenvalue weighted by atomic mass is 9.91. The Morgan fingerprint density at radius 3 is 2.50 bits per heavy atom. The molecule has 2 aliphatic heterocycles. The Hall–Kier alpha value is -2.56. The van der Waals surface area contributed by atoms with Gasteiger partial charge in [0.15, 0.2) is 9.84 Å². The van der Waals surface area contributed by atoms with Crippen LogP contribution < -0.4 is 5.32 Å². The van der Waals surface area contributed by atoms with Crippen LogP contribution in [0.5, 0.6) is 0 Å². The monoisotopic (exact) mass is 469 g/mol. The molecule has 1 saturated carbocycles. The minimum absolute atomic E-state index is 0.00574. The second-order valence-electron chi connectivity index (χ2n) is 8.87. The van der Waals surface area contributed by atoms with E-state index in [0.717, 1.165) is 43.9 Å². The number of amides is 4. The van der Waals surface area contributed by atoms with E-state index in [9.17, 15) is 31.6 Å². The van der Waals surface area contributed by atoms with E-state index in [1.165, 1.54) is 11.8 Å². The van der Waals surface area contributed by atoms with Crippen molar-refractivity contribution in [3.8, 4) is 0 Å². The molecule has 0 aromatic heterocycles. The number of halogens is 2. The Bertz CT molecular complexity index is 1070. The molecule has 4 rings (SSSR count).